The summed E-state index contributed by atoms with van der Waals surface area (Å²) in [6.07, 6.45) is 3.25. The van der Waals surface area contributed by atoms with Crippen LogP contribution in [0.5, 0.6) is 0 Å². The van der Waals surface area contributed by atoms with E-state index in [1.807, 2.05) is 30.3 Å². The van der Waals surface area contributed by atoms with Gasteiger partial charge in [-0.25, -0.2) is 4.79 Å². The molecule has 0 aliphatic carbocycles. The Kier molecular flexibility index (Phi) is 3.15. The van der Waals surface area contributed by atoms with Crippen LogP contribution in [0.1, 0.15) is 5.56 Å². The molecule has 1 fully saturated rings. The van der Waals surface area contributed by atoms with Crippen molar-refractivity contribution in [2.24, 2.45) is 0 Å². The van der Waals surface area contributed by atoms with Gasteiger partial charge in [-0.2, -0.15) is 0 Å². The third kappa shape index (κ3) is 3.56. The third-order valence-electron chi connectivity index (χ3n) is 2.03. The smallest absolute Gasteiger partial charge is 0.330 e. The second kappa shape index (κ2) is 4.75. The molecule has 1 atom stereocenters. The van der Waals surface area contributed by atoms with Crippen molar-refractivity contribution in [3.05, 3.63) is 48.0 Å². The molecule has 1 aliphatic rings. The van der Waals surface area contributed by atoms with Crippen LogP contribution in [0.4, 0.5) is 0 Å². The number of hydrogen-bond acceptors (Lipinski definition) is 3. The summed E-state index contributed by atoms with van der Waals surface area (Å²) in [5.74, 6) is -0.325. The molecule has 1 aromatic carbocycles. The molecule has 1 unspecified atom stereocenters. The van der Waals surface area contributed by atoms with E-state index in [9.17, 15) is 4.79 Å². The van der Waals surface area contributed by atoms with E-state index in [1.165, 1.54) is 6.08 Å². The fraction of sp³-hybridized carbons (Fsp3) is 0.250. The first-order chi connectivity index (χ1) is 7.34. The van der Waals surface area contributed by atoms with Crippen molar-refractivity contribution in [2.75, 3.05) is 6.61 Å². The van der Waals surface area contributed by atoms with Crippen LogP contribution < -0.4 is 0 Å². The van der Waals surface area contributed by atoms with Gasteiger partial charge in [-0.3, -0.25) is 0 Å². The van der Waals surface area contributed by atoms with E-state index in [1.54, 1.807) is 6.08 Å². The summed E-state index contributed by atoms with van der Waals surface area (Å²) in [4.78, 5) is 11.2. The summed E-state index contributed by atoms with van der Waals surface area (Å²) >= 11 is 0. The van der Waals surface area contributed by atoms with Gasteiger partial charge in [-0.05, 0) is 11.6 Å². The van der Waals surface area contributed by atoms with Crippen LogP contribution in [0.15, 0.2) is 42.5 Å². The van der Waals surface area contributed by atoms with E-state index in [0.717, 1.165) is 5.56 Å². The fourth-order valence-corrected chi connectivity index (χ4v) is 1.13. The van der Waals surface area contributed by atoms with Gasteiger partial charge < -0.3 is 9.47 Å². The van der Waals surface area contributed by atoms with Crippen molar-refractivity contribution in [3.8, 4) is 0 Å². The molecule has 2 rings (SSSR count). The van der Waals surface area contributed by atoms with Crippen LogP contribution in [0.2, 0.25) is 0 Å². The van der Waals surface area contributed by atoms with E-state index in [-0.39, 0.29) is 12.1 Å². The minimum absolute atomic E-state index is 0.120. The van der Waals surface area contributed by atoms with Gasteiger partial charge in [0.25, 0.3) is 0 Å². The van der Waals surface area contributed by atoms with Gasteiger partial charge in [-0.15, -0.1) is 0 Å². The zero-order valence-corrected chi connectivity index (χ0v) is 8.26. The Hall–Kier alpha value is -1.61. The number of carbonyl (C=O) groups is 1. The maximum Gasteiger partial charge on any atom is 0.330 e. The molecule has 0 spiro atoms. The van der Waals surface area contributed by atoms with Crippen molar-refractivity contribution in [1.82, 2.24) is 0 Å². The molecule has 0 radical (unpaired) electrons. The lowest BCUT2D eigenvalue weighted by Gasteiger charge is -2.00. The van der Waals surface area contributed by atoms with Crippen molar-refractivity contribution in [3.63, 3.8) is 0 Å². The molecule has 0 bridgehead atoms. The molecule has 1 aromatic rings. The predicted molar refractivity (Wildman–Crippen MR) is 55.1 cm³/mol. The number of ether oxygens (including phenoxy) is 2. The van der Waals surface area contributed by atoms with Gasteiger partial charge in [0.1, 0.15) is 6.61 Å². The van der Waals surface area contributed by atoms with Gasteiger partial charge in [0.05, 0.1) is 12.7 Å². The minimum atomic E-state index is -0.325. The normalized spacial score (nSPS) is 19.1. The summed E-state index contributed by atoms with van der Waals surface area (Å²) in [5, 5.41) is 0. The van der Waals surface area contributed by atoms with Crippen LogP contribution in [-0.2, 0) is 20.9 Å². The van der Waals surface area contributed by atoms with Crippen molar-refractivity contribution >= 4 is 5.97 Å². The molecular formula is C12H12O3. The maximum atomic E-state index is 11.2. The molecule has 78 valence electrons. The van der Waals surface area contributed by atoms with E-state index in [0.29, 0.717) is 13.2 Å². The van der Waals surface area contributed by atoms with Gasteiger partial charge in [0, 0.05) is 6.08 Å². The second-order valence-electron chi connectivity index (χ2n) is 3.32. The van der Waals surface area contributed by atoms with Gasteiger partial charge in [0.15, 0.2) is 0 Å². The van der Waals surface area contributed by atoms with Crippen LogP contribution in [0.25, 0.3) is 0 Å². The fourth-order valence-electron chi connectivity index (χ4n) is 1.13. The molecule has 0 N–H and O–H groups in total. The number of carbonyl (C=O) groups excluding carboxylic acids is 1. The predicted octanol–water partition coefficient (Wildman–Crippen LogP) is 1.68. The molecule has 0 aromatic heterocycles. The van der Waals surface area contributed by atoms with Gasteiger partial charge in [0.2, 0.25) is 0 Å². The number of benzene rings is 1. The molecule has 15 heavy (non-hydrogen) atoms. The highest BCUT2D eigenvalue weighted by atomic mass is 16.6. The number of hydrogen-bond donors (Lipinski definition) is 0. The average molecular weight is 204 g/mol. The molecular weight excluding hydrogens is 192 g/mol. The Labute approximate surface area is 88.3 Å². The topological polar surface area (TPSA) is 38.8 Å². The maximum absolute atomic E-state index is 11.2. The standard InChI is InChI=1S/C12H12O3/c13-12(7-6-11-9-14-11)15-8-10-4-2-1-3-5-10/h1-7,11H,8-9H2/b7-6+. The highest BCUT2D eigenvalue weighted by Gasteiger charge is 2.18. The van der Waals surface area contributed by atoms with E-state index < -0.39 is 0 Å². The van der Waals surface area contributed by atoms with Gasteiger partial charge >= 0.3 is 5.97 Å². The molecule has 3 heteroatoms. The largest absolute Gasteiger partial charge is 0.458 e. The third-order valence-corrected chi connectivity index (χ3v) is 2.03. The van der Waals surface area contributed by atoms with Crippen LogP contribution in [-0.4, -0.2) is 18.7 Å². The monoisotopic (exact) mass is 204 g/mol. The second-order valence-corrected chi connectivity index (χ2v) is 3.32. The lowest BCUT2D eigenvalue weighted by molar-refractivity contribution is -0.139. The van der Waals surface area contributed by atoms with Crippen molar-refractivity contribution < 1.29 is 14.3 Å². The molecule has 3 nitrogen and oxygen atoms in total. The quantitative estimate of drug-likeness (QED) is 0.425. The summed E-state index contributed by atoms with van der Waals surface area (Å²) in [7, 11) is 0. The Bertz CT molecular complexity index is 352. The molecule has 0 saturated carbocycles. The highest BCUT2D eigenvalue weighted by Crippen LogP contribution is 2.09. The zero-order valence-electron chi connectivity index (χ0n) is 8.26. The Balaban J connectivity index is 1.75. The van der Waals surface area contributed by atoms with Crippen molar-refractivity contribution in [2.45, 2.75) is 12.7 Å². The lowest BCUT2D eigenvalue weighted by atomic mass is 10.2. The SMILES string of the molecule is O=C(/C=C/C1CO1)OCc1ccccc1. The average Bonchev–Trinajstić information content (AvgIpc) is 3.09. The molecule has 1 saturated heterocycles. The number of rotatable bonds is 4. The Morgan fingerprint density at radius 1 is 1.47 bits per heavy atom. The lowest BCUT2D eigenvalue weighted by Crippen LogP contribution is -2.01. The minimum Gasteiger partial charge on any atom is -0.458 e. The first kappa shape index (κ1) is 9.93. The van der Waals surface area contributed by atoms with E-state index >= 15 is 0 Å². The number of esters is 1. The van der Waals surface area contributed by atoms with Crippen LogP contribution in [0.3, 0.4) is 0 Å². The van der Waals surface area contributed by atoms with E-state index in [4.69, 9.17) is 9.47 Å². The zero-order chi connectivity index (χ0) is 10.5. The first-order valence-corrected chi connectivity index (χ1v) is 4.85. The van der Waals surface area contributed by atoms with Crippen molar-refractivity contribution in [1.29, 1.82) is 0 Å². The summed E-state index contributed by atoms with van der Waals surface area (Å²) in [5.41, 5.74) is 0.988. The molecule has 0 amide bonds. The van der Waals surface area contributed by atoms with E-state index in [2.05, 4.69) is 0 Å². The summed E-state index contributed by atoms with van der Waals surface area (Å²) in [6.45, 7) is 1.03. The highest BCUT2D eigenvalue weighted by molar-refractivity contribution is 5.82. The molecule has 1 heterocycles. The first-order valence-electron chi connectivity index (χ1n) is 4.85. The number of epoxide rings is 1. The summed E-state index contributed by atoms with van der Waals surface area (Å²) in [6, 6.07) is 9.59. The Morgan fingerprint density at radius 3 is 2.87 bits per heavy atom. The van der Waals surface area contributed by atoms with Gasteiger partial charge in [-0.1, -0.05) is 30.3 Å². The summed E-state index contributed by atoms with van der Waals surface area (Å²) < 4.78 is 9.95. The Morgan fingerprint density at radius 2 is 2.20 bits per heavy atom. The van der Waals surface area contributed by atoms with Crippen LogP contribution >= 0.6 is 0 Å². The molecule has 1 aliphatic heterocycles. The van der Waals surface area contributed by atoms with Crippen LogP contribution in [0, 0.1) is 0 Å².